The Morgan fingerprint density at radius 3 is 1.83 bits per heavy atom. The molecule has 0 unspecified atom stereocenters. The number of Topliss-reactive ketones (excluding diaryl/α,β-unsaturated/α-hetero) is 1. The molecule has 0 aromatic heterocycles. The van der Waals surface area contributed by atoms with Crippen LogP contribution in [0.3, 0.4) is 0 Å². The van der Waals surface area contributed by atoms with Gasteiger partial charge < -0.3 is 0 Å². The maximum absolute atomic E-state index is 12.4. The van der Waals surface area contributed by atoms with E-state index in [4.69, 9.17) is 0 Å². The van der Waals surface area contributed by atoms with Crippen LogP contribution in [0.1, 0.15) is 33.6 Å². The fraction of sp³-hybridized carbons (Fsp3) is 0.889. The number of alkyl halides is 2. The second kappa shape index (κ2) is 2.51. The van der Waals surface area contributed by atoms with Crippen LogP contribution in [0.2, 0.25) is 0 Å². The molecule has 1 rings (SSSR count). The first-order chi connectivity index (χ1) is 5.31. The Hall–Kier alpha value is -0.470. The second-order valence-corrected chi connectivity index (χ2v) is 4.54. The van der Waals surface area contributed by atoms with E-state index in [-0.39, 0.29) is 5.78 Å². The molecule has 0 aromatic carbocycles. The van der Waals surface area contributed by atoms with Gasteiger partial charge in [0.2, 0.25) is 0 Å². The lowest BCUT2D eigenvalue weighted by Crippen LogP contribution is -2.34. The molecule has 12 heavy (non-hydrogen) atoms. The SMILES string of the molecule is CC(C)(C)C(=O)C1(C(F)F)CC1. The summed E-state index contributed by atoms with van der Waals surface area (Å²) in [5.41, 5.74) is -1.91. The average molecular weight is 176 g/mol. The smallest absolute Gasteiger partial charge is 0.251 e. The molecule has 0 aliphatic heterocycles. The lowest BCUT2D eigenvalue weighted by atomic mass is 9.81. The van der Waals surface area contributed by atoms with Gasteiger partial charge >= 0.3 is 0 Å². The number of ketones is 1. The Kier molecular flexibility index (Phi) is 2.01. The van der Waals surface area contributed by atoms with Gasteiger partial charge in [0, 0.05) is 5.41 Å². The summed E-state index contributed by atoms with van der Waals surface area (Å²) in [5.74, 6) is -0.287. The fourth-order valence-electron chi connectivity index (χ4n) is 1.43. The summed E-state index contributed by atoms with van der Waals surface area (Å²) in [5, 5.41) is 0. The first-order valence-electron chi connectivity index (χ1n) is 4.14. The number of halogens is 2. The highest BCUT2D eigenvalue weighted by Crippen LogP contribution is 2.54. The van der Waals surface area contributed by atoms with E-state index in [1.54, 1.807) is 20.8 Å². The molecule has 70 valence electrons. The molecule has 0 radical (unpaired) electrons. The van der Waals surface area contributed by atoms with Gasteiger partial charge in [0.15, 0.2) is 0 Å². The Labute approximate surface area is 71.1 Å². The maximum Gasteiger partial charge on any atom is 0.251 e. The van der Waals surface area contributed by atoms with Gasteiger partial charge in [-0.2, -0.15) is 0 Å². The van der Waals surface area contributed by atoms with Crippen molar-refractivity contribution in [1.29, 1.82) is 0 Å². The summed E-state index contributed by atoms with van der Waals surface area (Å²) in [6, 6.07) is 0. The van der Waals surface area contributed by atoms with Crippen LogP contribution in [0.5, 0.6) is 0 Å². The molecule has 0 saturated heterocycles. The van der Waals surface area contributed by atoms with Crippen molar-refractivity contribution in [3.05, 3.63) is 0 Å². The fourth-order valence-corrected chi connectivity index (χ4v) is 1.43. The van der Waals surface area contributed by atoms with E-state index in [1.807, 2.05) is 0 Å². The van der Waals surface area contributed by atoms with Gasteiger partial charge in [0.1, 0.15) is 5.78 Å². The van der Waals surface area contributed by atoms with E-state index in [0.29, 0.717) is 12.8 Å². The molecular weight excluding hydrogens is 162 g/mol. The minimum Gasteiger partial charge on any atom is -0.298 e. The summed E-state index contributed by atoms with van der Waals surface area (Å²) in [6.45, 7) is 5.08. The number of rotatable bonds is 2. The van der Waals surface area contributed by atoms with Gasteiger partial charge in [-0.25, -0.2) is 8.78 Å². The van der Waals surface area contributed by atoms with Gasteiger partial charge in [-0.1, -0.05) is 20.8 Å². The Balaban J connectivity index is 2.78. The quantitative estimate of drug-likeness (QED) is 0.632. The predicted molar refractivity (Wildman–Crippen MR) is 42.1 cm³/mol. The number of hydrogen-bond donors (Lipinski definition) is 0. The van der Waals surface area contributed by atoms with E-state index < -0.39 is 17.3 Å². The van der Waals surface area contributed by atoms with Gasteiger partial charge in [0.05, 0.1) is 5.41 Å². The summed E-state index contributed by atoms with van der Waals surface area (Å²) in [4.78, 5) is 11.5. The predicted octanol–water partition coefficient (Wildman–Crippen LogP) is 2.65. The number of hydrogen-bond acceptors (Lipinski definition) is 1. The third-order valence-electron chi connectivity index (χ3n) is 2.34. The normalized spacial score (nSPS) is 21.2. The van der Waals surface area contributed by atoms with Crippen molar-refractivity contribution in [3.8, 4) is 0 Å². The average Bonchev–Trinajstić information content (AvgIpc) is 2.62. The van der Waals surface area contributed by atoms with Crippen molar-refractivity contribution >= 4 is 5.78 Å². The summed E-state index contributed by atoms with van der Waals surface area (Å²) in [6.07, 6.45) is -1.76. The third kappa shape index (κ3) is 1.37. The van der Waals surface area contributed by atoms with E-state index >= 15 is 0 Å². The van der Waals surface area contributed by atoms with Crippen LogP contribution in [0.15, 0.2) is 0 Å². The Bertz CT molecular complexity index is 199. The van der Waals surface area contributed by atoms with Crippen LogP contribution >= 0.6 is 0 Å². The van der Waals surface area contributed by atoms with Crippen LogP contribution in [0, 0.1) is 10.8 Å². The lowest BCUT2D eigenvalue weighted by molar-refractivity contribution is -0.137. The Morgan fingerprint density at radius 1 is 1.33 bits per heavy atom. The van der Waals surface area contributed by atoms with Crippen LogP contribution < -0.4 is 0 Å². The molecule has 0 amide bonds. The molecule has 1 saturated carbocycles. The molecule has 0 spiro atoms. The van der Waals surface area contributed by atoms with Crippen molar-refractivity contribution in [2.24, 2.45) is 10.8 Å². The number of carbonyl (C=O) groups is 1. The first kappa shape index (κ1) is 9.62. The summed E-state index contributed by atoms with van der Waals surface area (Å²) < 4.78 is 24.9. The zero-order valence-corrected chi connectivity index (χ0v) is 7.66. The molecule has 3 heteroatoms. The van der Waals surface area contributed by atoms with E-state index in [9.17, 15) is 13.6 Å². The van der Waals surface area contributed by atoms with Gasteiger partial charge in [0.25, 0.3) is 6.43 Å². The van der Waals surface area contributed by atoms with Crippen LogP contribution in [-0.2, 0) is 4.79 Å². The zero-order valence-electron chi connectivity index (χ0n) is 7.66. The molecule has 1 fully saturated rings. The van der Waals surface area contributed by atoms with Gasteiger partial charge in [-0.15, -0.1) is 0 Å². The highest BCUT2D eigenvalue weighted by molar-refractivity contribution is 5.92. The topological polar surface area (TPSA) is 17.1 Å². The molecule has 1 aliphatic carbocycles. The Morgan fingerprint density at radius 2 is 1.75 bits per heavy atom. The number of carbonyl (C=O) groups excluding carboxylic acids is 1. The molecule has 1 aliphatic rings. The minimum absolute atomic E-state index is 0.287. The van der Waals surface area contributed by atoms with Crippen LogP contribution in [0.25, 0.3) is 0 Å². The molecular formula is C9H14F2O. The van der Waals surface area contributed by atoms with Gasteiger partial charge in [-0.3, -0.25) is 4.79 Å². The first-order valence-corrected chi connectivity index (χ1v) is 4.14. The highest BCUT2D eigenvalue weighted by Gasteiger charge is 2.59. The summed E-state index contributed by atoms with van der Waals surface area (Å²) >= 11 is 0. The molecule has 0 N–H and O–H groups in total. The molecule has 0 aromatic rings. The van der Waals surface area contributed by atoms with Gasteiger partial charge in [-0.05, 0) is 12.8 Å². The highest BCUT2D eigenvalue weighted by atomic mass is 19.3. The molecule has 0 bridgehead atoms. The van der Waals surface area contributed by atoms with Crippen molar-refractivity contribution in [2.45, 2.75) is 40.0 Å². The van der Waals surface area contributed by atoms with Crippen LogP contribution in [0.4, 0.5) is 8.78 Å². The monoisotopic (exact) mass is 176 g/mol. The molecule has 1 nitrogen and oxygen atoms in total. The molecule has 0 atom stereocenters. The second-order valence-electron chi connectivity index (χ2n) is 4.54. The van der Waals surface area contributed by atoms with E-state index in [1.165, 1.54) is 0 Å². The third-order valence-corrected chi connectivity index (χ3v) is 2.34. The van der Waals surface area contributed by atoms with E-state index in [0.717, 1.165) is 0 Å². The maximum atomic E-state index is 12.4. The van der Waals surface area contributed by atoms with Crippen molar-refractivity contribution in [2.75, 3.05) is 0 Å². The largest absolute Gasteiger partial charge is 0.298 e. The van der Waals surface area contributed by atoms with Crippen molar-refractivity contribution < 1.29 is 13.6 Å². The zero-order chi connectivity index (χ0) is 9.57. The lowest BCUT2D eigenvalue weighted by Gasteiger charge is -2.23. The van der Waals surface area contributed by atoms with Crippen LogP contribution in [-0.4, -0.2) is 12.2 Å². The van der Waals surface area contributed by atoms with Crippen molar-refractivity contribution in [1.82, 2.24) is 0 Å². The standard InChI is InChI=1S/C9H14F2O/c1-8(2,3)6(12)9(4-5-9)7(10)11/h7H,4-5H2,1-3H3. The molecule has 0 heterocycles. The summed E-state index contributed by atoms with van der Waals surface area (Å²) in [7, 11) is 0. The minimum atomic E-state index is -2.48. The van der Waals surface area contributed by atoms with E-state index in [2.05, 4.69) is 0 Å². The van der Waals surface area contributed by atoms with Crippen molar-refractivity contribution in [3.63, 3.8) is 0 Å².